The molecule has 1 amide bonds. The lowest BCUT2D eigenvalue weighted by Gasteiger charge is -2.16. The van der Waals surface area contributed by atoms with Gasteiger partial charge in [-0.25, -0.2) is 0 Å². The van der Waals surface area contributed by atoms with E-state index in [-0.39, 0.29) is 42.3 Å². The van der Waals surface area contributed by atoms with Gasteiger partial charge in [-0.2, -0.15) is 27.1 Å². The molecule has 65 heavy (non-hydrogen) atoms. The molecule has 0 atom stereocenters. The number of phenols is 1. The molecule has 24 nitrogen and oxygen atoms in total. The number of nitro benzene ring substituents is 1. The van der Waals surface area contributed by atoms with E-state index in [4.69, 9.17) is 19.4 Å². The van der Waals surface area contributed by atoms with Crippen molar-refractivity contribution in [2.45, 2.75) is 36.2 Å². The van der Waals surface area contributed by atoms with Gasteiger partial charge in [0.1, 0.15) is 39.2 Å². The van der Waals surface area contributed by atoms with Crippen LogP contribution in [0.3, 0.4) is 0 Å². The molecule has 0 saturated heterocycles. The van der Waals surface area contributed by atoms with Crippen molar-refractivity contribution in [2.24, 2.45) is 30.7 Å². The largest absolute Gasteiger partial charge is 0.505 e. The van der Waals surface area contributed by atoms with Gasteiger partial charge in [-0.3, -0.25) is 32.9 Å². The SMILES string of the molecule is COC(=O)CCC(=O)Nc1ccc(N=Nc2c(S(=O)(=O)OC)cc3c(S(=O)(=O)OC)cc(N=Nc4cc(C)c(N=Nc5cccc(COC=O)c5)cc4OC)c(N)c3c2O)c([N+](=O)[O-])c1. The zero-order valence-electron chi connectivity index (χ0n) is 34.7. The van der Waals surface area contributed by atoms with Crippen LogP contribution in [-0.2, 0) is 59.1 Å². The van der Waals surface area contributed by atoms with Gasteiger partial charge in [0.05, 0.1) is 62.2 Å². The predicted molar refractivity (Wildman–Crippen MR) is 229 cm³/mol. The quantitative estimate of drug-likeness (QED) is 0.0135. The fraction of sp³-hybridized carbons (Fsp3) is 0.205. The molecule has 0 radical (unpaired) electrons. The second kappa shape index (κ2) is 20.6. The van der Waals surface area contributed by atoms with Gasteiger partial charge < -0.3 is 30.4 Å². The summed E-state index contributed by atoms with van der Waals surface area (Å²) in [5.74, 6) is -2.27. The number of azo groups is 3. The monoisotopic (exact) mass is 935 g/mol. The van der Waals surface area contributed by atoms with E-state index in [1.807, 2.05) is 0 Å². The van der Waals surface area contributed by atoms with Gasteiger partial charge in [0.2, 0.25) is 5.91 Å². The van der Waals surface area contributed by atoms with Crippen molar-refractivity contribution >= 4 is 101 Å². The molecule has 0 heterocycles. The summed E-state index contributed by atoms with van der Waals surface area (Å²) in [6, 6.07) is 14.7. The Morgan fingerprint density at radius 1 is 0.815 bits per heavy atom. The Labute approximate surface area is 369 Å². The number of amides is 1. The Morgan fingerprint density at radius 2 is 1.49 bits per heavy atom. The summed E-state index contributed by atoms with van der Waals surface area (Å²) in [5, 5.41) is 49.7. The molecule has 0 unspecified atom stereocenters. The summed E-state index contributed by atoms with van der Waals surface area (Å²) in [6.07, 6.45) is -0.558. The highest BCUT2D eigenvalue weighted by Gasteiger charge is 2.30. The number of nitrogens with one attached hydrogen (secondary N) is 1. The maximum atomic E-state index is 13.4. The lowest BCUT2D eigenvalue weighted by Crippen LogP contribution is -2.14. The Hall–Kier alpha value is -7.81. The summed E-state index contributed by atoms with van der Waals surface area (Å²) in [6.45, 7) is 2.05. The number of nitrogens with two attached hydrogens (primary N) is 1. The minimum absolute atomic E-state index is 0.0401. The summed E-state index contributed by atoms with van der Waals surface area (Å²) in [4.78, 5) is 43.8. The summed E-state index contributed by atoms with van der Waals surface area (Å²) in [7, 11) is -5.56. The molecule has 0 spiro atoms. The first-order valence-electron chi connectivity index (χ1n) is 18.3. The van der Waals surface area contributed by atoms with Crippen LogP contribution in [-0.4, -0.2) is 73.7 Å². The number of ether oxygens (including phenoxy) is 3. The maximum Gasteiger partial charge on any atom is 0.306 e. The van der Waals surface area contributed by atoms with Crippen LogP contribution >= 0.6 is 0 Å². The molecular weight excluding hydrogens is 899 g/mol. The molecule has 4 N–H and O–H groups in total. The van der Waals surface area contributed by atoms with Crippen LogP contribution in [0.2, 0.25) is 0 Å². The van der Waals surface area contributed by atoms with E-state index in [1.165, 1.54) is 25.3 Å². The van der Waals surface area contributed by atoms with E-state index in [1.54, 1.807) is 31.2 Å². The molecule has 26 heteroatoms. The van der Waals surface area contributed by atoms with Crippen LogP contribution in [0.1, 0.15) is 24.0 Å². The molecular formula is C39H37N9O15S2. The number of hydrogen-bond donors (Lipinski definition) is 3. The minimum atomic E-state index is -4.88. The van der Waals surface area contributed by atoms with E-state index < -0.39 is 86.1 Å². The molecule has 5 aromatic rings. The lowest BCUT2D eigenvalue weighted by molar-refractivity contribution is -0.384. The number of phenolic OH excluding ortho intramolecular Hbond substituents is 1. The number of aryl methyl sites for hydroxylation is 1. The zero-order valence-corrected chi connectivity index (χ0v) is 36.4. The van der Waals surface area contributed by atoms with Crippen LogP contribution in [0.25, 0.3) is 10.8 Å². The average molecular weight is 936 g/mol. The average Bonchev–Trinajstić information content (AvgIpc) is 3.29. The zero-order chi connectivity index (χ0) is 47.6. The molecule has 340 valence electrons. The van der Waals surface area contributed by atoms with E-state index in [0.29, 0.717) is 29.0 Å². The Balaban J connectivity index is 1.63. The van der Waals surface area contributed by atoms with Crippen molar-refractivity contribution < 1.29 is 63.8 Å². The number of fused-ring (bicyclic) bond motifs is 1. The summed E-state index contributed by atoms with van der Waals surface area (Å²) >= 11 is 0. The Kier molecular flexibility index (Phi) is 15.3. The van der Waals surface area contributed by atoms with Crippen LogP contribution in [0, 0.1) is 17.0 Å². The Bertz CT molecular complexity index is 3030. The van der Waals surface area contributed by atoms with Crippen molar-refractivity contribution in [1.82, 2.24) is 0 Å². The smallest absolute Gasteiger partial charge is 0.306 e. The number of carbonyl (C=O) groups excluding carboxylic acids is 3. The number of aromatic hydroxyl groups is 1. The number of hydrogen-bond acceptors (Lipinski definition) is 22. The molecule has 0 aliphatic rings. The second-order valence-corrected chi connectivity index (χ2v) is 16.5. The maximum absolute atomic E-state index is 13.4. The lowest BCUT2D eigenvalue weighted by atomic mass is 10.0. The second-order valence-electron chi connectivity index (χ2n) is 13.1. The highest BCUT2D eigenvalue weighted by Crippen LogP contribution is 2.49. The standard InChI is InChI=1S/C39H37N9O15S2/c1-21-13-28(31(59-2)17-27(21)44-42-24-8-6-7-22(14-24)19-63-20-49)45-46-29-18-32(64(55,56)61-4)25-16-33(65(57,58)62-5)38(39(52)36(25)37(29)40)47-43-26-10-9-23(15-30(26)48(53)54)41-34(50)11-12-35(51)60-3/h6-10,13-18,20,52H,11-12,19,40H2,1-5H3,(H,41,50). The number of nitro groups is 1. The molecule has 0 bridgehead atoms. The molecule has 0 fully saturated rings. The number of esters is 1. The number of rotatable bonds is 19. The number of nitrogen functional groups attached to an aromatic ring is 1. The van der Waals surface area contributed by atoms with Crippen molar-refractivity contribution in [1.29, 1.82) is 0 Å². The van der Waals surface area contributed by atoms with Gasteiger partial charge >= 0.3 is 5.97 Å². The third-order valence-corrected chi connectivity index (χ3v) is 11.7. The summed E-state index contributed by atoms with van der Waals surface area (Å²) < 4.78 is 77.5. The molecule has 5 rings (SSSR count). The number of carbonyl (C=O) groups is 3. The molecule has 5 aromatic carbocycles. The van der Waals surface area contributed by atoms with E-state index >= 15 is 0 Å². The van der Waals surface area contributed by atoms with Gasteiger partial charge in [-0.05, 0) is 60.5 Å². The number of benzene rings is 5. The van der Waals surface area contributed by atoms with Gasteiger partial charge in [-0.15, -0.1) is 20.5 Å². The van der Waals surface area contributed by atoms with E-state index in [9.17, 15) is 46.4 Å². The molecule has 0 aromatic heterocycles. The van der Waals surface area contributed by atoms with Crippen LogP contribution in [0.15, 0.2) is 107 Å². The van der Waals surface area contributed by atoms with E-state index in [2.05, 4.69) is 44.9 Å². The highest BCUT2D eigenvalue weighted by atomic mass is 32.2. The third-order valence-electron chi connectivity index (χ3n) is 9.06. The normalized spacial score (nSPS) is 12.0. The van der Waals surface area contributed by atoms with Gasteiger partial charge in [0.15, 0.2) is 11.4 Å². The molecule has 0 aliphatic heterocycles. The number of methoxy groups -OCH3 is 2. The highest BCUT2D eigenvalue weighted by molar-refractivity contribution is 7.87. The summed E-state index contributed by atoms with van der Waals surface area (Å²) in [5.41, 5.74) is 5.61. The molecule has 0 saturated carbocycles. The first-order chi connectivity index (χ1) is 30.9. The van der Waals surface area contributed by atoms with Crippen LogP contribution < -0.4 is 15.8 Å². The first-order valence-corrected chi connectivity index (χ1v) is 21.2. The topological polar surface area (TPSA) is 341 Å². The third kappa shape index (κ3) is 11.2. The fourth-order valence-corrected chi connectivity index (χ4v) is 7.49. The fourth-order valence-electron chi connectivity index (χ4n) is 5.81. The van der Waals surface area contributed by atoms with Gasteiger partial charge in [-0.1, -0.05) is 12.1 Å². The van der Waals surface area contributed by atoms with Crippen LogP contribution in [0.4, 0.5) is 51.2 Å². The van der Waals surface area contributed by atoms with Crippen molar-refractivity contribution in [2.75, 3.05) is 39.5 Å². The minimum Gasteiger partial charge on any atom is -0.505 e. The first kappa shape index (κ1) is 48.2. The Morgan fingerprint density at radius 3 is 2.15 bits per heavy atom. The molecule has 0 aliphatic carbocycles. The van der Waals surface area contributed by atoms with Crippen molar-refractivity contribution in [3.05, 3.63) is 88.0 Å². The predicted octanol–water partition coefficient (Wildman–Crippen LogP) is 7.83. The van der Waals surface area contributed by atoms with Crippen LogP contribution in [0.5, 0.6) is 11.5 Å². The van der Waals surface area contributed by atoms with Gasteiger partial charge in [0, 0.05) is 29.6 Å². The van der Waals surface area contributed by atoms with Crippen molar-refractivity contribution in [3.8, 4) is 11.5 Å². The van der Waals surface area contributed by atoms with Crippen molar-refractivity contribution in [3.63, 3.8) is 0 Å². The van der Waals surface area contributed by atoms with E-state index in [0.717, 1.165) is 45.6 Å². The number of nitrogens with zero attached hydrogens (tertiary/aromatic N) is 7. The van der Waals surface area contributed by atoms with Gasteiger partial charge in [0.25, 0.3) is 32.4 Å². The number of anilines is 2.